The Balaban J connectivity index is 2.38. The molecule has 3 nitrogen and oxygen atoms in total. The maximum atomic E-state index is 13.9. The van der Waals surface area contributed by atoms with E-state index < -0.39 is 23.1 Å². The number of nitrogens with two attached hydrogens (primary N) is 1. The molecule has 0 atom stereocenters. The predicted octanol–water partition coefficient (Wildman–Crippen LogP) is 3.79. The zero-order valence-electron chi connectivity index (χ0n) is 9.87. The second kappa shape index (κ2) is 4.52. The standard InChI is InChI=1S/C13H7BrF3N3/c14-6-1-2-11-10(3-6)19-13(18)20(11)12-8(16)4-7(15)5-9(12)17/h1-5H,(H2,18,19). The van der Waals surface area contributed by atoms with E-state index in [1.165, 1.54) is 0 Å². The number of hydrogen-bond donors (Lipinski definition) is 1. The first-order chi connectivity index (χ1) is 9.47. The fraction of sp³-hybridized carbons (Fsp3) is 0. The Morgan fingerprint density at radius 3 is 2.35 bits per heavy atom. The van der Waals surface area contributed by atoms with E-state index in [1.807, 2.05) is 0 Å². The summed E-state index contributed by atoms with van der Waals surface area (Å²) in [5, 5.41) is 0. The number of aromatic nitrogens is 2. The Hall–Kier alpha value is -2.02. The van der Waals surface area contributed by atoms with Crippen LogP contribution in [0.25, 0.3) is 16.7 Å². The number of nitrogen functional groups attached to an aromatic ring is 1. The zero-order valence-corrected chi connectivity index (χ0v) is 11.5. The van der Waals surface area contributed by atoms with Crippen molar-refractivity contribution in [1.29, 1.82) is 0 Å². The van der Waals surface area contributed by atoms with Crippen LogP contribution >= 0.6 is 15.9 Å². The van der Waals surface area contributed by atoms with Crippen molar-refractivity contribution in [3.05, 3.63) is 52.3 Å². The molecule has 1 aromatic heterocycles. The van der Waals surface area contributed by atoms with Crippen molar-refractivity contribution in [1.82, 2.24) is 9.55 Å². The molecule has 0 saturated carbocycles. The van der Waals surface area contributed by atoms with Crippen LogP contribution < -0.4 is 5.73 Å². The van der Waals surface area contributed by atoms with E-state index in [9.17, 15) is 13.2 Å². The molecule has 20 heavy (non-hydrogen) atoms. The topological polar surface area (TPSA) is 43.8 Å². The number of anilines is 1. The summed E-state index contributed by atoms with van der Waals surface area (Å²) in [6.45, 7) is 0. The smallest absolute Gasteiger partial charge is 0.206 e. The van der Waals surface area contributed by atoms with E-state index in [1.54, 1.807) is 18.2 Å². The first-order valence-electron chi connectivity index (χ1n) is 5.56. The molecular weight excluding hydrogens is 335 g/mol. The van der Waals surface area contributed by atoms with E-state index in [4.69, 9.17) is 5.73 Å². The molecule has 0 unspecified atom stereocenters. The Kier molecular flexibility index (Phi) is 2.93. The number of benzene rings is 2. The molecule has 1 heterocycles. The monoisotopic (exact) mass is 341 g/mol. The number of fused-ring (bicyclic) bond motifs is 1. The fourth-order valence-electron chi connectivity index (χ4n) is 2.06. The molecule has 0 aliphatic rings. The van der Waals surface area contributed by atoms with Crippen LogP contribution in [0.2, 0.25) is 0 Å². The van der Waals surface area contributed by atoms with Crippen LogP contribution in [0.15, 0.2) is 34.8 Å². The average Bonchev–Trinajstić information content (AvgIpc) is 2.64. The highest BCUT2D eigenvalue weighted by molar-refractivity contribution is 9.10. The Morgan fingerprint density at radius 1 is 1.05 bits per heavy atom. The third-order valence-corrected chi connectivity index (χ3v) is 3.34. The number of halogens is 4. The van der Waals surface area contributed by atoms with Crippen molar-refractivity contribution < 1.29 is 13.2 Å². The maximum Gasteiger partial charge on any atom is 0.206 e. The number of imidazole rings is 1. The van der Waals surface area contributed by atoms with Crippen LogP contribution in [0.5, 0.6) is 0 Å². The van der Waals surface area contributed by atoms with Gasteiger partial charge in [0, 0.05) is 16.6 Å². The lowest BCUT2D eigenvalue weighted by atomic mass is 10.2. The molecule has 0 aliphatic heterocycles. The third-order valence-electron chi connectivity index (χ3n) is 2.85. The molecule has 3 aromatic rings. The lowest BCUT2D eigenvalue weighted by molar-refractivity contribution is 0.536. The van der Waals surface area contributed by atoms with Crippen molar-refractivity contribution in [2.24, 2.45) is 0 Å². The highest BCUT2D eigenvalue weighted by Crippen LogP contribution is 2.28. The average molecular weight is 342 g/mol. The van der Waals surface area contributed by atoms with Crippen LogP contribution in [0.3, 0.4) is 0 Å². The number of hydrogen-bond acceptors (Lipinski definition) is 2. The summed E-state index contributed by atoms with van der Waals surface area (Å²) in [5.41, 5.74) is 6.17. The third kappa shape index (κ3) is 1.94. The molecule has 0 radical (unpaired) electrons. The Morgan fingerprint density at radius 2 is 1.70 bits per heavy atom. The van der Waals surface area contributed by atoms with Crippen LogP contribution in [0, 0.1) is 17.5 Å². The van der Waals surface area contributed by atoms with Crippen molar-refractivity contribution >= 4 is 32.9 Å². The molecule has 2 aromatic carbocycles. The van der Waals surface area contributed by atoms with Gasteiger partial charge < -0.3 is 5.73 Å². The van der Waals surface area contributed by atoms with Crippen molar-refractivity contribution in [3.63, 3.8) is 0 Å². The Labute approximate surface area is 120 Å². The molecule has 0 amide bonds. The van der Waals surface area contributed by atoms with Gasteiger partial charge in [0.05, 0.1) is 11.0 Å². The molecule has 3 rings (SSSR count). The van der Waals surface area contributed by atoms with E-state index >= 15 is 0 Å². The quantitative estimate of drug-likeness (QED) is 0.731. The van der Waals surface area contributed by atoms with Gasteiger partial charge in [-0.15, -0.1) is 0 Å². The highest BCUT2D eigenvalue weighted by atomic mass is 79.9. The molecule has 0 spiro atoms. The van der Waals surface area contributed by atoms with Gasteiger partial charge in [0.25, 0.3) is 0 Å². The molecule has 0 fully saturated rings. The largest absolute Gasteiger partial charge is 0.369 e. The van der Waals surface area contributed by atoms with E-state index in [0.29, 0.717) is 23.2 Å². The van der Waals surface area contributed by atoms with Gasteiger partial charge in [-0.25, -0.2) is 18.2 Å². The second-order valence-electron chi connectivity index (χ2n) is 4.16. The van der Waals surface area contributed by atoms with Crippen molar-refractivity contribution in [2.75, 3.05) is 5.73 Å². The molecule has 7 heteroatoms. The van der Waals surface area contributed by atoms with Gasteiger partial charge in [-0.05, 0) is 18.2 Å². The van der Waals surface area contributed by atoms with E-state index in [-0.39, 0.29) is 5.95 Å². The van der Waals surface area contributed by atoms with Crippen molar-refractivity contribution in [3.8, 4) is 5.69 Å². The summed E-state index contributed by atoms with van der Waals surface area (Å²) < 4.78 is 42.6. The molecule has 2 N–H and O–H groups in total. The molecule has 0 bridgehead atoms. The number of nitrogens with zero attached hydrogens (tertiary/aromatic N) is 2. The van der Waals surface area contributed by atoms with Crippen LogP contribution in [0.4, 0.5) is 19.1 Å². The fourth-order valence-corrected chi connectivity index (χ4v) is 2.40. The van der Waals surface area contributed by atoms with Crippen LogP contribution in [0.1, 0.15) is 0 Å². The summed E-state index contributed by atoms with van der Waals surface area (Å²) >= 11 is 3.27. The minimum atomic E-state index is -1.04. The van der Waals surface area contributed by atoms with Crippen molar-refractivity contribution in [2.45, 2.75) is 0 Å². The highest BCUT2D eigenvalue weighted by Gasteiger charge is 2.19. The van der Waals surface area contributed by atoms with E-state index in [0.717, 1.165) is 9.04 Å². The van der Waals surface area contributed by atoms with Gasteiger partial charge in [-0.1, -0.05) is 15.9 Å². The van der Waals surface area contributed by atoms with Crippen LogP contribution in [-0.4, -0.2) is 9.55 Å². The number of rotatable bonds is 1. The molecule has 0 aliphatic carbocycles. The van der Waals surface area contributed by atoms with E-state index in [2.05, 4.69) is 20.9 Å². The lowest BCUT2D eigenvalue weighted by Crippen LogP contribution is -2.06. The summed E-state index contributed by atoms with van der Waals surface area (Å²) in [7, 11) is 0. The Bertz CT molecular complexity index is 806. The van der Waals surface area contributed by atoms with Crippen LogP contribution in [-0.2, 0) is 0 Å². The summed E-state index contributed by atoms with van der Waals surface area (Å²) in [5.74, 6) is -3.16. The van der Waals surface area contributed by atoms with Gasteiger partial charge in [-0.3, -0.25) is 4.57 Å². The van der Waals surface area contributed by atoms with Gasteiger partial charge in [-0.2, -0.15) is 0 Å². The van der Waals surface area contributed by atoms with Gasteiger partial charge in [0.15, 0.2) is 11.6 Å². The summed E-state index contributed by atoms with van der Waals surface area (Å²) in [6.07, 6.45) is 0. The molecular formula is C13H7BrF3N3. The molecule has 0 saturated heterocycles. The lowest BCUT2D eigenvalue weighted by Gasteiger charge is -2.09. The summed E-state index contributed by atoms with van der Waals surface area (Å²) in [4.78, 5) is 4.04. The maximum absolute atomic E-state index is 13.9. The van der Waals surface area contributed by atoms with Gasteiger partial charge >= 0.3 is 0 Å². The first kappa shape index (κ1) is 13.0. The molecule has 102 valence electrons. The van der Waals surface area contributed by atoms with Gasteiger partial charge in [0.1, 0.15) is 11.5 Å². The first-order valence-corrected chi connectivity index (χ1v) is 6.35. The minimum Gasteiger partial charge on any atom is -0.369 e. The summed E-state index contributed by atoms with van der Waals surface area (Å²) in [6, 6.07) is 6.18. The SMILES string of the molecule is Nc1nc2cc(Br)ccc2n1-c1c(F)cc(F)cc1F. The second-order valence-corrected chi connectivity index (χ2v) is 5.07. The zero-order chi connectivity index (χ0) is 14.4. The predicted molar refractivity (Wildman–Crippen MR) is 73.1 cm³/mol. The van der Waals surface area contributed by atoms with Gasteiger partial charge in [0.2, 0.25) is 5.95 Å². The minimum absolute atomic E-state index is 0.0810. The normalized spacial score (nSPS) is 11.2.